The summed E-state index contributed by atoms with van der Waals surface area (Å²) in [4.78, 5) is 20.3. The molecule has 0 atom stereocenters. The number of methoxy groups -OCH3 is 1. The maximum Gasteiger partial charge on any atom is 0.266 e. The summed E-state index contributed by atoms with van der Waals surface area (Å²) in [6.07, 6.45) is 4.30. The largest absolute Gasteiger partial charge is 0.490 e. The van der Waals surface area contributed by atoms with Crippen molar-refractivity contribution in [2.45, 2.75) is 13.3 Å². The van der Waals surface area contributed by atoms with Crippen LogP contribution in [0.5, 0.6) is 11.5 Å². The van der Waals surface area contributed by atoms with E-state index in [-0.39, 0.29) is 5.91 Å². The van der Waals surface area contributed by atoms with E-state index < -0.39 is 0 Å². The van der Waals surface area contributed by atoms with Gasteiger partial charge in [0.15, 0.2) is 16.7 Å². The fraction of sp³-hybridized carbons (Fsp3) is 0.280. The second-order valence-electron chi connectivity index (χ2n) is 7.01. The number of rotatable bonds is 11. The molecule has 33 heavy (non-hydrogen) atoms. The van der Waals surface area contributed by atoms with Crippen molar-refractivity contribution >= 4 is 57.2 Å². The van der Waals surface area contributed by atoms with Crippen molar-refractivity contribution in [1.82, 2.24) is 4.90 Å². The third kappa shape index (κ3) is 6.84. The molecule has 1 heterocycles. The molecule has 1 amide bonds. The molecular formula is C25H27IN2O4S. The molecule has 6 nitrogen and oxygen atoms in total. The van der Waals surface area contributed by atoms with Gasteiger partial charge < -0.3 is 14.2 Å². The minimum absolute atomic E-state index is 0.0641. The van der Waals surface area contributed by atoms with Crippen LogP contribution in [0.1, 0.15) is 18.9 Å². The molecule has 3 rings (SSSR count). The smallest absolute Gasteiger partial charge is 0.266 e. The number of ether oxygens (including phenoxy) is 3. The standard InChI is InChI=1S/C25H27IN2O4S/c1-4-13-32-23-20(26)15-18(16-21(23)31-5-2)17-22-24(29)28(12-9-14-30-3)25(33-22)27-19-10-7-6-8-11-19/h4,6-8,10-11,15-17H,1,5,9,12-14H2,2-3H3/b22-17-,27-25?. The van der Waals surface area contributed by atoms with Crippen LogP contribution >= 0.6 is 34.4 Å². The average molecular weight is 578 g/mol. The van der Waals surface area contributed by atoms with Crippen LogP contribution in [0.4, 0.5) is 5.69 Å². The first-order valence-electron chi connectivity index (χ1n) is 10.6. The summed E-state index contributed by atoms with van der Waals surface area (Å²) in [5.41, 5.74) is 1.67. The van der Waals surface area contributed by atoms with Crippen molar-refractivity contribution in [1.29, 1.82) is 0 Å². The molecule has 0 aliphatic carbocycles. The van der Waals surface area contributed by atoms with Crippen molar-refractivity contribution in [3.05, 3.63) is 69.2 Å². The molecule has 8 heteroatoms. The summed E-state index contributed by atoms with van der Waals surface area (Å²) in [5, 5.41) is 0.666. The normalized spacial score (nSPS) is 16.0. The van der Waals surface area contributed by atoms with E-state index >= 15 is 0 Å². The monoisotopic (exact) mass is 578 g/mol. The maximum atomic E-state index is 13.3. The van der Waals surface area contributed by atoms with Crippen molar-refractivity contribution in [2.24, 2.45) is 4.99 Å². The Balaban J connectivity index is 1.94. The molecular weight excluding hydrogens is 551 g/mol. The van der Waals surface area contributed by atoms with E-state index in [4.69, 9.17) is 19.2 Å². The van der Waals surface area contributed by atoms with Crippen LogP contribution in [0.2, 0.25) is 0 Å². The summed E-state index contributed by atoms with van der Waals surface area (Å²) < 4.78 is 17.7. The first kappa shape index (κ1) is 25.3. The highest BCUT2D eigenvalue weighted by molar-refractivity contribution is 14.1. The Morgan fingerprint density at radius 1 is 1.21 bits per heavy atom. The Labute approximate surface area is 212 Å². The molecule has 0 saturated carbocycles. The third-order valence-corrected chi connectivity index (χ3v) is 6.38. The first-order chi connectivity index (χ1) is 16.1. The van der Waals surface area contributed by atoms with Crippen LogP contribution in [0.15, 0.2) is 65.0 Å². The summed E-state index contributed by atoms with van der Waals surface area (Å²) in [6, 6.07) is 13.5. The quantitative estimate of drug-likeness (QED) is 0.144. The molecule has 174 valence electrons. The highest BCUT2D eigenvalue weighted by atomic mass is 127. The zero-order chi connectivity index (χ0) is 23.6. The van der Waals surface area contributed by atoms with Crippen LogP contribution in [-0.4, -0.2) is 49.4 Å². The van der Waals surface area contributed by atoms with Crippen LogP contribution in [0, 0.1) is 3.57 Å². The minimum Gasteiger partial charge on any atom is -0.490 e. The van der Waals surface area contributed by atoms with Gasteiger partial charge in [0.25, 0.3) is 5.91 Å². The Bertz CT molecular complexity index is 1040. The van der Waals surface area contributed by atoms with Gasteiger partial charge in [0.1, 0.15) is 6.61 Å². The Hall–Kier alpha value is -2.30. The number of thioether (sulfide) groups is 1. The molecule has 0 unspecified atom stereocenters. The van der Waals surface area contributed by atoms with Crippen LogP contribution in [-0.2, 0) is 9.53 Å². The summed E-state index contributed by atoms with van der Waals surface area (Å²) in [6.45, 7) is 7.65. The van der Waals surface area contributed by atoms with E-state index in [1.54, 1.807) is 18.1 Å². The van der Waals surface area contributed by atoms with E-state index in [2.05, 4.69) is 29.2 Å². The lowest BCUT2D eigenvalue weighted by molar-refractivity contribution is -0.122. The molecule has 2 aromatic carbocycles. The molecule has 0 N–H and O–H groups in total. The molecule has 2 aromatic rings. The molecule has 0 radical (unpaired) electrons. The Kier molecular flexibility index (Phi) is 9.83. The summed E-state index contributed by atoms with van der Waals surface area (Å²) >= 11 is 3.60. The van der Waals surface area contributed by atoms with Gasteiger partial charge in [-0.2, -0.15) is 0 Å². The van der Waals surface area contributed by atoms with Gasteiger partial charge in [-0.3, -0.25) is 9.69 Å². The third-order valence-electron chi connectivity index (χ3n) is 4.57. The number of nitrogens with zero attached hydrogens (tertiary/aromatic N) is 2. The number of halogens is 1. The van der Waals surface area contributed by atoms with Crippen molar-refractivity contribution in [2.75, 3.05) is 33.5 Å². The summed E-state index contributed by atoms with van der Waals surface area (Å²) in [7, 11) is 1.66. The Morgan fingerprint density at radius 3 is 2.70 bits per heavy atom. The average Bonchev–Trinajstić information content (AvgIpc) is 3.08. The lowest BCUT2D eigenvalue weighted by Crippen LogP contribution is -2.30. The van der Waals surface area contributed by atoms with Crippen LogP contribution in [0.3, 0.4) is 0 Å². The van der Waals surface area contributed by atoms with Gasteiger partial charge in [-0.1, -0.05) is 30.9 Å². The van der Waals surface area contributed by atoms with E-state index in [1.807, 2.05) is 55.5 Å². The zero-order valence-electron chi connectivity index (χ0n) is 18.8. The summed E-state index contributed by atoms with van der Waals surface area (Å²) in [5.74, 6) is 1.26. The van der Waals surface area contributed by atoms with Gasteiger partial charge in [0.2, 0.25) is 0 Å². The number of hydrogen-bond acceptors (Lipinski definition) is 6. The van der Waals surface area contributed by atoms with Gasteiger partial charge in [-0.05, 0) is 83.6 Å². The van der Waals surface area contributed by atoms with E-state index in [9.17, 15) is 4.79 Å². The van der Waals surface area contributed by atoms with Gasteiger partial charge in [-0.15, -0.1) is 0 Å². The van der Waals surface area contributed by atoms with Crippen molar-refractivity contribution in [3.63, 3.8) is 0 Å². The van der Waals surface area contributed by atoms with Gasteiger partial charge >= 0.3 is 0 Å². The topological polar surface area (TPSA) is 60.4 Å². The lowest BCUT2D eigenvalue weighted by atomic mass is 10.2. The predicted octanol–water partition coefficient (Wildman–Crippen LogP) is 5.90. The molecule has 0 aromatic heterocycles. The minimum atomic E-state index is -0.0641. The fourth-order valence-corrected chi connectivity index (χ4v) is 4.94. The van der Waals surface area contributed by atoms with E-state index in [0.29, 0.717) is 47.9 Å². The number of amidine groups is 1. The molecule has 0 bridgehead atoms. The highest BCUT2D eigenvalue weighted by Crippen LogP contribution is 2.38. The second-order valence-corrected chi connectivity index (χ2v) is 9.18. The van der Waals surface area contributed by atoms with Crippen LogP contribution in [0.25, 0.3) is 6.08 Å². The molecule has 1 aliphatic rings. The molecule has 1 fully saturated rings. The van der Waals surface area contributed by atoms with Crippen LogP contribution < -0.4 is 9.47 Å². The van der Waals surface area contributed by atoms with E-state index in [0.717, 1.165) is 21.2 Å². The maximum absolute atomic E-state index is 13.3. The lowest BCUT2D eigenvalue weighted by Gasteiger charge is -2.15. The number of amides is 1. The number of benzene rings is 2. The fourth-order valence-electron chi connectivity index (χ4n) is 3.14. The van der Waals surface area contributed by atoms with Gasteiger partial charge in [-0.25, -0.2) is 4.99 Å². The van der Waals surface area contributed by atoms with E-state index in [1.165, 1.54) is 11.8 Å². The molecule has 1 aliphatic heterocycles. The number of para-hydroxylation sites is 1. The van der Waals surface area contributed by atoms with Gasteiger partial charge in [0.05, 0.1) is 20.8 Å². The number of carbonyl (C=O) groups excluding carboxylic acids is 1. The van der Waals surface area contributed by atoms with Crippen molar-refractivity contribution in [3.8, 4) is 11.5 Å². The SMILES string of the molecule is C=CCOc1c(I)cc(/C=C2\SC(=Nc3ccccc3)N(CCCOC)C2=O)cc1OCC. The molecule has 0 spiro atoms. The number of aliphatic imine (C=N–C) groups is 1. The second kappa shape index (κ2) is 12.8. The van der Waals surface area contributed by atoms with Gasteiger partial charge in [0, 0.05) is 20.3 Å². The number of carbonyl (C=O) groups is 1. The highest BCUT2D eigenvalue weighted by Gasteiger charge is 2.33. The zero-order valence-corrected chi connectivity index (χ0v) is 21.7. The molecule has 1 saturated heterocycles. The first-order valence-corrected chi connectivity index (χ1v) is 12.5. The Morgan fingerprint density at radius 2 is 2.00 bits per heavy atom. The van der Waals surface area contributed by atoms with Crippen molar-refractivity contribution < 1.29 is 19.0 Å². The predicted molar refractivity (Wildman–Crippen MR) is 143 cm³/mol. The number of hydrogen-bond donors (Lipinski definition) is 0.